The van der Waals surface area contributed by atoms with Crippen molar-refractivity contribution in [2.75, 3.05) is 5.88 Å². The van der Waals surface area contributed by atoms with E-state index in [1.54, 1.807) is 0 Å². The van der Waals surface area contributed by atoms with Gasteiger partial charge in [-0.05, 0) is 25.2 Å². The number of aliphatic hydroxyl groups is 2. The number of fused-ring (bicyclic) bond motifs is 1. The third-order valence-corrected chi connectivity index (χ3v) is 6.71. The van der Waals surface area contributed by atoms with E-state index in [-0.39, 0.29) is 11.8 Å². The van der Waals surface area contributed by atoms with Crippen molar-refractivity contribution in [2.24, 2.45) is 16.7 Å². The van der Waals surface area contributed by atoms with Gasteiger partial charge in [0.05, 0.1) is 12.0 Å². The van der Waals surface area contributed by atoms with Crippen LogP contribution >= 0.6 is 11.6 Å². The van der Waals surface area contributed by atoms with E-state index >= 15 is 0 Å². The summed E-state index contributed by atoms with van der Waals surface area (Å²) in [6.45, 7) is 8.44. The maximum absolute atomic E-state index is 11.6. The molecule has 0 radical (unpaired) electrons. The normalized spacial score (nSPS) is 43.0. The summed E-state index contributed by atoms with van der Waals surface area (Å²) in [5.41, 5.74) is -2.65. The number of esters is 2. The minimum absolute atomic E-state index is 0.0327. The average molecular weight is 377 g/mol. The molecule has 0 bridgehead atoms. The standard InChI is InChI=1S/C18H29ClO6/c1-10(20)24-12-8-17(5)13(6-7-18(23,9-19)15(17)22)16(3,4)14(12)25-11(2)21/h12-15,22-23H,6-9H2,1-5H3/t12-,13+,14+,15-,17+,18-/m1/s1. The van der Waals surface area contributed by atoms with Crippen molar-refractivity contribution in [1.82, 2.24) is 0 Å². The van der Waals surface area contributed by atoms with Crippen molar-refractivity contribution in [3.63, 3.8) is 0 Å². The lowest BCUT2D eigenvalue weighted by Crippen LogP contribution is -2.68. The molecule has 25 heavy (non-hydrogen) atoms. The number of ether oxygens (including phenoxy) is 2. The SMILES string of the molecule is CC(=O)O[C@@H]1C[C@@]2(C)[C@@H](CC[C@@](O)(CCl)[C@@H]2O)C(C)(C)[C@H]1OC(C)=O. The molecule has 0 aromatic carbocycles. The van der Waals surface area contributed by atoms with Gasteiger partial charge in [-0.1, -0.05) is 20.8 Å². The van der Waals surface area contributed by atoms with Crippen LogP contribution in [-0.4, -0.2) is 51.9 Å². The zero-order valence-electron chi connectivity index (χ0n) is 15.5. The molecule has 0 spiro atoms. The lowest BCUT2D eigenvalue weighted by Gasteiger charge is -2.62. The zero-order valence-corrected chi connectivity index (χ0v) is 16.3. The van der Waals surface area contributed by atoms with Gasteiger partial charge in [0.1, 0.15) is 17.8 Å². The molecule has 6 atom stereocenters. The molecular formula is C18H29ClO6. The van der Waals surface area contributed by atoms with E-state index in [1.165, 1.54) is 13.8 Å². The smallest absolute Gasteiger partial charge is 0.303 e. The van der Waals surface area contributed by atoms with Crippen molar-refractivity contribution in [3.8, 4) is 0 Å². The molecule has 0 amide bonds. The molecule has 0 aliphatic heterocycles. The van der Waals surface area contributed by atoms with E-state index in [2.05, 4.69) is 0 Å². The molecule has 0 unspecified atom stereocenters. The van der Waals surface area contributed by atoms with Crippen LogP contribution in [0.2, 0.25) is 0 Å². The molecule has 0 aromatic rings. The Morgan fingerprint density at radius 1 is 1.16 bits per heavy atom. The molecule has 0 heterocycles. The topological polar surface area (TPSA) is 93.1 Å². The lowest BCUT2D eigenvalue weighted by molar-refractivity contribution is -0.254. The monoisotopic (exact) mass is 376 g/mol. The van der Waals surface area contributed by atoms with Crippen molar-refractivity contribution in [3.05, 3.63) is 0 Å². The Morgan fingerprint density at radius 3 is 2.20 bits per heavy atom. The first-order valence-corrected chi connectivity index (χ1v) is 9.23. The molecule has 6 nitrogen and oxygen atoms in total. The fraction of sp³-hybridized carbons (Fsp3) is 0.889. The van der Waals surface area contributed by atoms with Gasteiger partial charge in [-0.3, -0.25) is 9.59 Å². The Hall–Kier alpha value is -0.850. The summed E-state index contributed by atoms with van der Waals surface area (Å²) < 4.78 is 11.0. The predicted molar refractivity (Wildman–Crippen MR) is 92.0 cm³/mol. The number of alkyl halides is 1. The second-order valence-electron chi connectivity index (χ2n) is 8.44. The van der Waals surface area contributed by atoms with Crippen molar-refractivity contribution >= 4 is 23.5 Å². The minimum Gasteiger partial charge on any atom is -0.459 e. The van der Waals surface area contributed by atoms with Gasteiger partial charge >= 0.3 is 11.9 Å². The summed E-state index contributed by atoms with van der Waals surface area (Å²) in [6, 6.07) is 0. The molecule has 2 aliphatic carbocycles. The Morgan fingerprint density at radius 2 is 1.72 bits per heavy atom. The summed E-state index contributed by atoms with van der Waals surface area (Å²) in [7, 11) is 0. The van der Waals surface area contributed by atoms with Crippen LogP contribution in [0, 0.1) is 16.7 Å². The van der Waals surface area contributed by atoms with E-state index in [0.717, 1.165) is 0 Å². The summed E-state index contributed by atoms with van der Waals surface area (Å²) in [5.74, 6) is -1.01. The number of aliphatic hydroxyl groups excluding tert-OH is 1. The highest BCUT2D eigenvalue weighted by atomic mass is 35.5. The number of hydrogen-bond acceptors (Lipinski definition) is 6. The molecule has 144 valence electrons. The van der Waals surface area contributed by atoms with Crippen LogP contribution < -0.4 is 0 Å². The lowest BCUT2D eigenvalue weighted by atomic mass is 9.47. The Bertz CT molecular complexity index is 550. The second-order valence-corrected chi connectivity index (χ2v) is 8.71. The largest absolute Gasteiger partial charge is 0.459 e. The van der Waals surface area contributed by atoms with Gasteiger partial charge in [0, 0.05) is 24.7 Å². The van der Waals surface area contributed by atoms with Crippen LogP contribution in [0.1, 0.15) is 53.9 Å². The first-order chi connectivity index (χ1) is 11.4. The quantitative estimate of drug-likeness (QED) is 0.578. The van der Waals surface area contributed by atoms with Crippen LogP contribution in [0.4, 0.5) is 0 Å². The van der Waals surface area contributed by atoms with Gasteiger partial charge in [0.15, 0.2) is 0 Å². The first-order valence-electron chi connectivity index (χ1n) is 8.69. The maximum atomic E-state index is 11.6. The predicted octanol–water partition coefficient (Wildman–Crippen LogP) is 2.03. The molecule has 2 aliphatic rings. The number of hydrogen-bond donors (Lipinski definition) is 2. The maximum Gasteiger partial charge on any atom is 0.303 e. The summed E-state index contributed by atoms with van der Waals surface area (Å²) >= 11 is 5.93. The first kappa shape index (κ1) is 20.5. The highest BCUT2D eigenvalue weighted by Crippen LogP contribution is 2.60. The van der Waals surface area contributed by atoms with Crippen LogP contribution in [0.25, 0.3) is 0 Å². The number of halogens is 1. The third kappa shape index (κ3) is 3.40. The van der Waals surface area contributed by atoms with Gasteiger partial charge in [0.25, 0.3) is 0 Å². The van der Waals surface area contributed by atoms with Crippen molar-refractivity contribution < 1.29 is 29.3 Å². The van der Waals surface area contributed by atoms with Gasteiger partial charge in [-0.15, -0.1) is 11.6 Å². The van der Waals surface area contributed by atoms with Gasteiger partial charge in [0.2, 0.25) is 0 Å². The van der Waals surface area contributed by atoms with Crippen molar-refractivity contribution in [1.29, 1.82) is 0 Å². The van der Waals surface area contributed by atoms with E-state index in [0.29, 0.717) is 19.3 Å². The molecule has 0 aromatic heterocycles. The van der Waals surface area contributed by atoms with Crippen LogP contribution in [-0.2, 0) is 19.1 Å². The van der Waals surface area contributed by atoms with Gasteiger partial charge in [-0.2, -0.15) is 0 Å². The Balaban J connectivity index is 2.47. The highest BCUT2D eigenvalue weighted by molar-refractivity contribution is 6.18. The zero-order chi connectivity index (χ0) is 19.2. The van der Waals surface area contributed by atoms with Gasteiger partial charge < -0.3 is 19.7 Å². The molecule has 2 fully saturated rings. The number of carbonyl (C=O) groups is 2. The number of rotatable bonds is 3. The van der Waals surface area contributed by atoms with E-state index in [1.807, 2.05) is 20.8 Å². The highest BCUT2D eigenvalue weighted by Gasteiger charge is 2.65. The van der Waals surface area contributed by atoms with E-state index in [4.69, 9.17) is 21.1 Å². The third-order valence-electron chi connectivity index (χ3n) is 6.25. The second kappa shape index (κ2) is 6.71. The van der Waals surface area contributed by atoms with E-state index in [9.17, 15) is 19.8 Å². The van der Waals surface area contributed by atoms with Crippen LogP contribution in [0.5, 0.6) is 0 Å². The minimum atomic E-state index is -1.38. The summed E-state index contributed by atoms with van der Waals surface area (Å²) in [4.78, 5) is 23.2. The molecular weight excluding hydrogens is 348 g/mol. The van der Waals surface area contributed by atoms with E-state index < -0.39 is 46.7 Å². The summed E-state index contributed by atoms with van der Waals surface area (Å²) in [5, 5.41) is 21.7. The molecule has 2 N–H and O–H groups in total. The molecule has 2 saturated carbocycles. The molecule has 0 saturated heterocycles. The van der Waals surface area contributed by atoms with Crippen LogP contribution in [0.3, 0.4) is 0 Å². The number of carbonyl (C=O) groups excluding carboxylic acids is 2. The van der Waals surface area contributed by atoms with Gasteiger partial charge in [-0.25, -0.2) is 0 Å². The van der Waals surface area contributed by atoms with Crippen LogP contribution in [0.15, 0.2) is 0 Å². The fourth-order valence-electron chi connectivity index (χ4n) is 5.22. The average Bonchev–Trinajstić information content (AvgIpc) is 2.48. The molecule has 7 heteroatoms. The Labute approximate surface area is 153 Å². The Kier molecular flexibility index (Phi) is 5.49. The summed E-state index contributed by atoms with van der Waals surface area (Å²) in [6.07, 6.45) is -1.07. The molecule has 2 rings (SSSR count). The van der Waals surface area contributed by atoms with Crippen molar-refractivity contribution in [2.45, 2.75) is 77.8 Å². The fourth-order valence-corrected chi connectivity index (χ4v) is 5.50.